The molecule has 2 N–H and O–H groups in total. The Hall–Kier alpha value is -5.32. The van der Waals surface area contributed by atoms with Crippen LogP contribution in [0.5, 0.6) is 0 Å². The first-order valence-corrected chi connectivity index (χ1v) is 15.5. The molecule has 0 bridgehead atoms. The second-order valence-corrected chi connectivity index (χ2v) is 11.7. The molecule has 0 fully saturated rings. The number of ketones is 2. The molecule has 246 valence electrons. The summed E-state index contributed by atoms with van der Waals surface area (Å²) in [6, 6.07) is 15.8. The van der Waals surface area contributed by atoms with Crippen molar-refractivity contribution in [3.8, 4) is 22.5 Å². The lowest BCUT2D eigenvalue weighted by molar-refractivity contribution is -0.255. The zero-order valence-electron chi connectivity index (χ0n) is 27.4. The lowest BCUT2D eigenvalue weighted by atomic mass is 9.88. The van der Waals surface area contributed by atoms with E-state index in [0.29, 0.717) is 45.4 Å². The number of hydrogen-bond donors (Lipinski definition) is 2. The zero-order chi connectivity index (χ0) is 34.2. The fourth-order valence-electron chi connectivity index (χ4n) is 5.19. The summed E-state index contributed by atoms with van der Waals surface area (Å²) in [5, 5.41) is 19.2. The van der Waals surface area contributed by atoms with Crippen LogP contribution in [0.1, 0.15) is 59.7 Å². The summed E-state index contributed by atoms with van der Waals surface area (Å²) >= 11 is 0. The first-order valence-electron chi connectivity index (χ1n) is 15.5. The van der Waals surface area contributed by atoms with Gasteiger partial charge in [-0.3, -0.25) is 19.2 Å². The van der Waals surface area contributed by atoms with E-state index >= 15 is 0 Å². The third-order valence-corrected chi connectivity index (χ3v) is 7.89. The fraction of sp³-hybridized carbons (Fsp3) is 0.333. The summed E-state index contributed by atoms with van der Waals surface area (Å²) < 4.78 is 8.30. The van der Waals surface area contributed by atoms with Gasteiger partial charge >= 0.3 is 0 Å². The van der Waals surface area contributed by atoms with Gasteiger partial charge in [0.25, 0.3) is 0 Å². The molecule has 47 heavy (non-hydrogen) atoms. The van der Waals surface area contributed by atoms with Crippen molar-refractivity contribution in [2.45, 2.75) is 39.0 Å². The molecule has 4 rings (SSSR count). The molecule has 0 spiro atoms. The highest BCUT2D eigenvalue weighted by atomic mass is 16.4. The van der Waals surface area contributed by atoms with Crippen LogP contribution in [0.3, 0.4) is 0 Å². The fourth-order valence-corrected chi connectivity index (χ4v) is 5.19. The number of carboxylic acids is 1. The number of Topliss-reactive ketones (excluding diaryl/α,β-unsaturated/α-hetero) is 2. The predicted molar refractivity (Wildman–Crippen MR) is 178 cm³/mol. The molecule has 1 heterocycles. The standard InChI is InChI=1S/C36H40N4O7/c1-6-33(43)38-21-25(41)12-16-34(44)37-17-7-8-30(42)22-9-13-26(36(45)46)29(18-22)35-27-14-10-23(39(2)3)19-31(27)47-32-20-24(40(4)5)11-15-28(32)35/h9-11,13-15,18-20H,6-8,12,16-17,21H2,1-5H3,(H2-,37,38,43,44,45,46). The molecule has 0 aromatic heterocycles. The highest BCUT2D eigenvalue weighted by molar-refractivity contribution is 6.09. The third kappa shape index (κ3) is 8.49. The quantitative estimate of drug-likeness (QED) is 0.0924. The van der Waals surface area contributed by atoms with E-state index < -0.39 is 5.97 Å². The van der Waals surface area contributed by atoms with Crippen molar-refractivity contribution in [3.05, 3.63) is 71.1 Å². The second-order valence-electron chi connectivity index (χ2n) is 11.7. The molecule has 1 aliphatic carbocycles. The van der Waals surface area contributed by atoms with Gasteiger partial charge in [-0.15, -0.1) is 0 Å². The SMILES string of the molecule is CCC(=O)NCC(=O)CCC(=O)NCCCC(=O)c1ccc(C(=O)[O-])c(-c2c3ccc(=[N+](C)C)cc-3oc3cc(N(C)C)ccc23)c1. The van der Waals surface area contributed by atoms with Gasteiger partial charge in [0, 0.05) is 91.8 Å². The molecule has 2 aromatic rings. The van der Waals surface area contributed by atoms with Crippen LogP contribution in [0.25, 0.3) is 33.4 Å². The molecule has 0 atom stereocenters. The maximum Gasteiger partial charge on any atom is 0.220 e. The molecule has 0 saturated heterocycles. The highest BCUT2D eigenvalue weighted by Crippen LogP contribution is 2.42. The van der Waals surface area contributed by atoms with Crippen LogP contribution in [0.15, 0.2) is 59.0 Å². The molecular formula is C36H40N4O7. The third-order valence-electron chi connectivity index (χ3n) is 7.89. The minimum atomic E-state index is -1.37. The van der Waals surface area contributed by atoms with Crippen LogP contribution < -0.4 is 30.6 Å². The Kier molecular flexibility index (Phi) is 11.3. The Bertz CT molecular complexity index is 1890. The molecule has 0 unspecified atom stereocenters. The number of benzene rings is 3. The lowest BCUT2D eigenvalue weighted by Crippen LogP contribution is -2.30. The summed E-state index contributed by atoms with van der Waals surface area (Å²) in [5.41, 5.74) is 3.36. The van der Waals surface area contributed by atoms with Crippen LogP contribution in [-0.2, 0) is 14.4 Å². The Labute approximate surface area is 273 Å². The number of aromatic carboxylic acids is 1. The van der Waals surface area contributed by atoms with Gasteiger partial charge in [-0.1, -0.05) is 19.1 Å². The van der Waals surface area contributed by atoms with Gasteiger partial charge in [-0.05, 0) is 36.2 Å². The molecule has 11 nitrogen and oxygen atoms in total. The molecule has 2 amide bonds. The summed E-state index contributed by atoms with van der Waals surface area (Å²) in [4.78, 5) is 63.0. The van der Waals surface area contributed by atoms with Crippen molar-refractivity contribution >= 4 is 46.0 Å². The summed E-state index contributed by atoms with van der Waals surface area (Å²) in [7, 11) is 7.67. The number of nitrogens with one attached hydrogen (secondary N) is 2. The van der Waals surface area contributed by atoms with Gasteiger partial charge in [0.1, 0.15) is 25.4 Å². The molecule has 2 aromatic carbocycles. The van der Waals surface area contributed by atoms with E-state index in [1.165, 1.54) is 12.1 Å². The molecule has 1 aliphatic heterocycles. The Morgan fingerprint density at radius 1 is 0.851 bits per heavy atom. The van der Waals surface area contributed by atoms with Gasteiger partial charge in [-0.25, -0.2) is 4.58 Å². The smallest absolute Gasteiger partial charge is 0.220 e. The lowest BCUT2D eigenvalue weighted by Gasteiger charge is -2.20. The van der Waals surface area contributed by atoms with E-state index in [1.807, 2.05) is 74.1 Å². The molecular weight excluding hydrogens is 600 g/mol. The Morgan fingerprint density at radius 3 is 2.30 bits per heavy atom. The van der Waals surface area contributed by atoms with Gasteiger partial charge in [0.2, 0.25) is 17.2 Å². The molecule has 0 saturated carbocycles. The first-order chi connectivity index (χ1) is 22.4. The van der Waals surface area contributed by atoms with Crippen LogP contribution in [-0.4, -0.2) is 70.6 Å². The number of carboxylic acid groups (broad SMARTS) is 1. The van der Waals surface area contributed by atoms with Gasteiger partial charge < -0.3 is 29.9 Å². The average Bonchev–Trinajstić information content (AvgIpc) is 3.05. The van der Waals surface area contributed by atoms with Crippen molar-refractivity contribution in [1.82, 2.24) is 15.2 Å². The van der Waals surface area contributed by atoms with Gasteiger partial charge in [-0.2, -0.15) is 0 Å². The monoisotopic (exact) mass is 640 g/mol. The summed E-state index contributed by atoms with van der Waals surface area (Å²) in [5.74, 6) is -1.82. The number of fused-ring (bicyclic) bond motifs is 2. The second kappa shape index (κ2) is 15.3. The number of anilines is 1. The number of amides is 2. The maximum atomic E-state index is 13.3. The van der Waals surface area contributed by atoms with E-state index in [2.05, 4.69) is 10.6 Å². The zero-order valence-corrected chi connectivity index (χ0v) is 27.4. The van der Waals surface area contributed by atoms with E-state index in [0.717, 1.165) is 11.0 Å². The minimum absolute atomic E-state index is 0.00532. The minimum Gasteiger partial charge on any atom is -0.545 e. The Morgan fingerprint density at radius 2 is 1.62 bits per heavy atom. The van der Waals surface area contributed by atoms with Crippen LogP contribution >= 0.6 is 0 Å². The van der Waals surface area contributed by atoms with Crippen molar-refractivity contribution in [1.29, 1.82) is 0 Å². The van der Waals surface area contributed by atoms with Gasteiger partial charge in [0.15, 0.2) is 11.6 Å². The number of nitrogens with zero attached hydrogens (tertiary/aromatic N) is 2. The number of carbonyl (C=O) groups excluding carboxylic acids is 5. The number of carbonyl (C=O) groups is 5. The predicted octanol–water partition coefficient (Wildman–Crippen LogP) is 2.62. The van der Waals surface area contributed by atoms with Crippen molar-refractivity contribution in [3.63, 3.8) is 0 Å². The number of rotatable bonds is 14. The maximum absolute atomic E-state index is 13.3. The van der Waals surface area contributed by atoms with Crippen molar-refractivity contribution < 1.29 is 33.5 Å². The summed E-state index contributed by atoms with van der Waals surface area (Å²) in [6.45, 7) is 1.81. The van der Waals surface area contributed by atoms with E-state index in [9.17, 15) is 29.1 Å². The van der Waals surface area contributed by atoms with E-state index in [4.69, 9.17) is 4.42 Å². The van der Waals surface area contributed by atoms with Crippen LogP contribution in [0.2, 0.25) is 0 Å². The highest BCUT2D eigenvalue weighted by Gasteiger charge is 2.22. The van der Waals surface area contributed by atoms with Crippen LogP contribution in [0.4, 0.5) is 5.69 Å². The van der Waals surface area contributed by atoms with Crippen molar-refractivity contribution in [2.24, 2.45) is 0 Å². The number of hydrogen-bond acceptors (Lipinski definition) is 8. The van der Waals surface area contributed by atoms with Crippen LogP contribution in [0, 0.1) is 0 Å². The normalized spacial score (nSPS) is 10.9. The molecule has 2 aliphatic rings. The topological polar surface area (TPSA) is 152 Å². The first kappa shape index (κ1) is 34.6. The molecule has 0 radical (unpaired) electrons. The van der Waals surface area contributed by atoms with Crippen molar-refractivity contribution in [2.75, 3.05) is 46.2 Å². The average molecular weight is 641 g/mol. The molecule has 11 heteroatoms. The van der Waals surface area contributed by atoms with E-state index in [1.54, 1.807) is 13.0 Å². The largest absolute Gasteiger partial charge is 0.545 e. The Balaban J connectivity index is 1.58. The summed E-state index contributed by atoms with van der Waals surface area (Å²) in [6.07, 6.45) is 0.724. The van der Waals surface area contributed by atoms with Gasteiger partial charge in [0.05, 0.1) is 18.6 Å². The van der Waals surface area contributed by atoms with E-state index in [-0.39, 0.29) is 67.7 Å².